The number of H-pyrrole nitrogens is 1. The summed E-state index contributed by atoms with van der Waals surface area (Å²) in [7, 11) is -3.60. The van der Waals surface area contributed by atoms with E-state index >= 15 is 0 Å². The molecule has 0 fully saturated rings. The summed E-state index contributed by atoms with van der Waals surface area (Å²) in [5, 5.41) is -0.128. The fourth-order valence-corrected chi connectivity index (χ4v) is 1.85. The average Bonchev–Trinajstić information content (AvgIpc) is 2.32. The van der Waals surface area contributed by atoms with Crippen LogP contribution in [0.25, 0.3) is 0 Å². The smallest absolute Gasteiger partial charge is 0.285 e. The van der Waals surface area contributed by atoms with E-state index in [1.54, 1.807) is 0 Å². The Kier molecular flexibility index (Phi) is 1.17. The Balaban J connectivity index is 2.75. The third-order valence-electron chi connectivity index (χ3n) is 1.31. The molecule has 4 N–H and O–H groups in total. The second-order valence-electron chi connectivity index (χ2n) is 2.16. The van der Waals surface area contributed by atoms with E-state index in [9.17, 15) is 8.42 Å². The Morgan fingerprint density at radius 1 is 1.50 bits per heavy atom. The van der Waals surface area contributed by atoms with Crippen molar-refractivity contribution in [3.63, 3.8) is 0 Å². The Morgan fingerprint density at radius 2 is 2.25 bits per heavy atom. The highest BCUT2D eigenvalue weighted by Crippen LogP contribution is 2.21. The van der Waals surface area contributed by atoms with Crippen LogP contribution in [-0.4, -0.2) is 24.3 Å². The number of nitrogens with two attached hydrogens (primary N) is 1. The van der Waals surface area contributed by atoms with Crippen molar-refractivity contribution in [2.45, 2.75) is 5.03 Å². The summed E-state index contributed by atoms with van der Waals surface area (Å²) in [5.74, 6) is -0.00185. The van der Waals surface area contributed by atoms with E-state index < -0.39 is 10.0 Å². The highest BCUT2D eigenvalue weighted by atomic mass is 32.2. The van der Waals surface area contributed by atoms with Gasteiger partial charge in [-0.25, -0.2) is 9.71 Å². The summed E-state index contributed by atoms with van der Waals surface area (Å²) in [6.07, 6.45) is 1.24. The number of hydrogen-bond donors (Lipinski definition) is 3. The van der Waals surface area contributed by atoms with E-state index in [-0.39, 0.29) is 16.8 Å². The van der Waals surface area contributed by atoms with Crippen LogP contribution in [0, 0.1) is 0 Å². The molecule has 12 heavy (non-hydrogen) atoms. The molecule has 2 heterocycles. The van der Waals surface area contributed by atoms with Crippen molar-refractivity contribution in [2.24, 2.45) is 10.7 Å². The van der Waals surface area contributed by atoms with Gasteiger partial charge in [0.15, 0.2) is 5.82 Å². The first kappa shape index (κ1) is 7.10. The van der Waals surface area contributed by atoms with Gasteiger partial charge in [0, 0.05) is 0 Å². The van der Waals surface area contributed by atoms with Gasteiger partial charge >= 0.3 is 0 Å². The number of nitrogens with zero attached hydrogens (tertiary/aromatic N) is 2. The molecule has 64 valence electrons. The summed E-state index contributed by atoms with van der Waals surface area (Å²) in [6, 6.07) is 0. The van der Waals surface area contributed by atoms with Crippen LogP contribution >= 0.6 is 0 Å². The van der Waals surface area contributed by atoms with Gasteiger partial charge < -0.3 is 10.7 Å². The lowest BCUT2D eigenvalue weighted by molar-refractivity contribution is 0.588. The number of nitrogens with one attached hydrogen (secondary N) is 2. The molecule has 1 aliphatic heterocycles. The number of sulfonamides is 1. The zero-order valence-electron chi connectivity index (χ0n) is 5.77. The van der Waals surface area contributed by atoms with Gasteiger partial charge in [-0.3, -0.25) is 0 Å². The van der Waals surface area contributed by atoms with Crippen molar-refractivity contribution >= 4 is 21.8 Å². The first-order chi connectivity index (χ1) is 5.59. The third kappa shape index (κ3) is 0.848. The molecule has 1 aliphatic rings. The van der Waals surface area contributed by atoms with Gasteiger partial charge in [0.25, 0.3) is 10.0 Å². The van der Waals surface area contributed by atoms with E-state index in [1.165, 1.54) is 6.33 Å². The lowest BCUT2D eigenvalue weighted by Crippen LogP contribution is -2.38. The molecular weight excluding hydrogens is 182 g/mol. The summed E-state index contributed by atoms with van der Waals surface area (Å²) in [5.41, 5.74) is 5.20. The minimum Gasteiger partial charge on any atom is -0.369 e. The molecule has 0 amide bonds. The molecule has 2 rings (SSSR count). The SMILES string of the molecule is NC1=Nc2[nH]cnc2S(=O)(=O)N1. The number of aromatic nitrogens is 2. The molecule has 0 saturated heterocycles. The van der Waals surface area contributed by atoms with Crippen molar-refractivity contribution < 1.29 is 8.42 Å². The number of aliphatic imine (C=N–C) groups is 1. The predicted molar refractivity (Wildman–Crippen MR) is 40.2 cm³/mol. The molecule has 0 aromatic carbocycles. The van der Waals surface area contributed by atoms with Crippen LogP contribution in [0.4, 0.5) is 5.82 Å². The summed E-state index contributed by atoms with van der Waals surface area (Å²) >= 11 is 0. The monoisotopic (exact) mass is 187 g/mol. The predicted octanol–water partition coefficient (Wildman–Crippen LogP) is -1.35. The van der Waals surface area contributed by atoms with Gasteiger partial charge in [0.2, 0.25) is 11.0 Å². The molecule has 0 bridgehead atoms. The van der Waals surface area contributed by atoms with E-state index in [0.29, 0.717) is 0 Å². The standard InChI is InChI=1S/C4H5N5O2S/c5-4-8-2-3(7-1-6-2)12(10,11)9-4/h1H,(H,6,7)(H3,5,8,9). The Bertz CT molecular complexity index is 444. The minimum absolute atomic E-state index is 0.128. The second kappa shape index (κ2) is 1.97. The minimum atomic E-state index is -3.60. The topological polar surface area (TPSA) is 113 Å². The second-order valence-corrected chi connectivity index (χ2v) is 3.76. The number of aromatic amines is 1. The van der Waals surface area contributed by atoms with Crippen molar-refractivity contribution in [2.75, 3.05) is 0 Å². The molecule has 0 atom stereocenters. The molecule has 7 nitrogen and oxygen atoms in total. The lowest BCUT2D eigenvalue weighted by Gasteiger charge is -2.09. The van der Waals surface area contributed by atoms with Crippen LogP contribution in [-0.2, 0) is 10.0 Å². The van der Waals surface area contributed by atoms with Crippen LogP contribution in [0.1, 0.15) is 0 Å². The zero-order chi connectivity index (χ0) is 8.77. The van der Waals surface area contributed by atoms with Gasteiger partial charge in [-0.1, -0.05) is 0 Å². The highest BCUT2D eigenvalue weighted by molar-refractivity contribution is 7.90. The van der Waals surface area contributed by atoms with Gasteiger partial charge in [0.1, 0.15) is 0 Å². The zero-order valence-corrected chi connectivity index (χ0v) is 6.59. The number of guanidine groups is 1. The quantitative estimate of drug-likeness (QED) is 0.465. The number of hydrogen-bond acceptors (Lipinski definition) is 5. The van der Waals surface area contributed by atoms with Gasteiger partial charge in [-0.2, -0.15) is 13.4 Å². The number of imidazole rings is 1. The van der Waals surface area contributed by atoms with Crippen molar-refractivity contribution in [3.8, 4) is 0 Å². The van der Waals surface area contributed by atoms with Crippen LogP contribution in [0.2, 0.25) is 0 Å². The maximum atomic E-state index is 11.2. The Hall–Kier alpha value is -1.57. The van der Waals surface area contributed by atoms with E-state index in [2.05, 4.69) is 15.0 Å². The largest absolute Gasteiger partial charge is 0.369 e. The maximum absolute atomic E-state index is 11.2. The molecule has 0 radical (unpaired) electrons. The molecular formula is C4H5N5O2S. The van der Waals surface area contributed by atoms with Crippen molar-refractivity contribution in [1.29, 1.82) is 0 Å². The average molecular weight is 187 g/mol. The maximum Gasteiger partial charge on any atom is 0.285 e. The number of fused-ring (bicyclic) bond motifs is 1. The van der Waals surface area contributed by atoms with Gasteiger partial charge in [0.05, 0.1) is 6.33 Å². The molecule has 1 aromatic heterocycles. The molecule has 8 heteroatoms. The highest BCUT2D eigenvalue weighted by Gasteiger charge is 2.26. The lowest BCUT2D eigenvalue weighted by atomic mass is 10.7. The van der Waals surface area contributed by atoms with Gasteiger partial charge in [-0.15, -0.1) is 0 Å². The van der Waals surface area contributed by atoms with Crippen molar-refractivity contribution in [3.05, 3.63) is 6.33 Å². The van der Waals surface area contributed by atoms with E-state index in [1.807, 2.05) is 4.72 Å². The molecule has 0 unspecified atom stereocenters. The molecule has 0 aliphatic carbocycles. The van der Waals surface area contributed by atoms with E-state index in [0.717, 1.165) is 0 Å². The summed E-state index contributed by atoms with van der Waals surface area (Å²) in [4.78, 5) is 9.81. The summed E-state index contributed by atoms with van der Waals surface area (Å²) in [6.45, 7) is 0. The van der Waals surface area contributed by atoms with Crippen LogP contribution in [0.3, 0.4) is 0 Å². The summed E-state index contributed by atoms with van der Waals surface area (Å²) < 4.78 is 24.4. The number of rotatable bonds is 0. The normalized spacial score (nSPS) is 19.2. The Morgan fingerprint density at radius 3 is 3.00 bits per heavy atom. The fraction of sp³-hybridized carbons (Fsp3) is 0. The van der Waals surface area contributed by atoms with Crippen molar-refractivity contribution in [1.82, 2.24) is 14.7 Å². The van der Waals surface area contributed by atoms with Gasteiger partial charge in [-0.05, 0) is 0 Å². The molecule has 1 aromatic rings. The first-order valence-corrected chi connectivity index (χ1v) is 4.48. The molecule has 0 saturated carbocycles. The van der Waals surface area contributed by atoms with E-state index in [4.69, 9.17) is 5.73 Å². The molecule has 0 spiro atoms. The van der Waals surface area contributed by atoms with Crippen LogP contribution in [0.15, 0.2) is 16.3 Å². The Labute approximate surface area is 67.8 Å². The van der Waals surface area contributed by atoms with Crippen LogP contribution in [0.5, 0.6) is 0 Å². The first-order valence-electron chi connectivity index (χ1n) is 3.00. The van der Waals surface area contributed by atoms with Crippen LogP contribution < -0.4 is 10.5 Å². The fourth-order valence-electron chi connectivity index (χ4n) is 0.881. The third-order valence-corrected chi connectivity index (χ3v) is 2.60.